The van der Waals surface area contributed by atoms with Crippen LogP contribution in [0.2, 0.25) is 0 Å². The average Bonchev–Trinajstić information content (AvgIpc) is 2.69. The van der Waals surface area contributed by atoms with E-state index in [9.17, 15) is 9.59 Å². The highest BCUT2D eigenvalue weighted by molar-refractivity contribution is 5.93. The highest BCUT2D eigenvalue weighted by Crippen LogP contribution is 2.20. The Labute approximate surface area is 88.4 Å². The van der Waals surface area contributed by atoms with E-state index in [1.807, 2.05) is 0 Å². The molecule has 1 fully saturated rings. The lowest BCUT2D eigenvalue weighted by Crippen LogP contribution is -2.24. The number of carbonyl (C=O) groups is 2. The number of hydrogen-bond donors (Lipinski definition) is 1. The van der Waals surface area contributed by atoms with Crippen molar-refractivity contribution in [3.63, 3.8) is 0 Å². The molecule has 86 valence electrons. The van der Waals surface area contributed by atoms with Crippen molar-refractivity contribution in [2.75, 3.05) is 6.79 Å². The van der Waals surface area contributed by atoms with Gasteiger partial charge in [0, 0.05) is 0 Å². The van der Waals surface area contributed by atoms with Crippen LogP contribution >= 0.6 is 0 Å². The fraction of sp³-hybridized carbons (Fsp3) is 0.800. The first kappa shape index (κ1) is 12.0. The molecule has 1 N–H and O–H groups in total. The Morgan fingerprint density at radius 1 is 1.40 bits per heavy atom. The van der Waals surface area contributed by atoms with Crippen LogP contribution in [-0.4, -0.2) is 29.9 Å². The molecule has 0 aromatic rings. The Morgan fingerprint density at radius 3 is 2.53 bits per heavy atom. The van der Waals surface area contributed by atoms with Gasteiger partial charge in [0.2, 0.25) is 0 Å². The number of rotatable bonds is 5. The summed E-state index contributed by atoms with van der Waals surface area (Å²) in [6, 6.07) is 0. The molecule has 0 amide bonds. The molecule has 5 nitrogen and oxygen atoms in total. The topological polar surface area (TPSA) is 72.8 Å². The van der Waals surface area contributed by atoms with Crippen LogP contribution in [0.4, 0.5) is 0 Å². The smallest absolute Gasteiger partial charge is 0.322 e. The van der Waals surface area contributed by atoms with Gasteiger partial charge in [-0.25, -0.2) is 0 Å². The quantitative estimate of drug-likeness (QED) is 0.424. The van der Waals surface area contributed by atoms with E-state index >= 15 is 0 Å². The predicted octanol–water partition coefficient (Wildman–Crippen LogP) is 1.17. The average molecular weight is 216 g/mol. The Morgan fingerprint density at radius 2 is 2.00 bits per heavy atom. The minimum Gasteiger partial charge on any atom is -0.481 e. The Balaban J connectivity index is 2.13. The van der Waals surface area contributed by atoms with Gasteiger partial charge in [-0.1, -0.05) is 12.8 Å². The van der Waals surface area contributed by atoms with Gasteiger partial charge in [-0.3, -0.25) is 9.59 Å². The summed E-state index contributed by atoms with van der Waals surface area (Å²) >= 11 is 0. The Kier molecular flexibility index (Phi) is 4.55. The fourth-order valence-electron chi connectivity index (χ4n) is 1.47. The molecule has 1 aliphatic rings. The number of carboxylic acid groups (broad SMARTS) is 1. The van der Waals surface area contributed by atoms with Crippen LogP contribution in [0, 0.1) is 5.92 Å². The molecule has 1 atom stereocenters. The lowest BCUT2D eigenvalue weighted by atomic mass is 10.2. The van der Waals surface area contributed by atoms with Gasteiger partial charge in [-0.2, -0.15) is 0 Å². The molecule has 0 saturated heterocycles. The van der Waals surface area contributed by atoms with E-state index in [0.29, 0.717) is 0 Å². The van der Waals surface area contributed by atoms with Crippen LogP contribution in [0.3, 0.4) is 0 Å². The Bertz CT molecular complexity index is 232. The van der Waals surface area contributed by atoms with Gasteiger partial charge in [-0.05, 0) is 19.8 Å². The number of aliphatic carboxylic acids is 1. The first-order chi connectivity index (χ1) is 7.11. The van der Waals surface area contributed by atoms with Crippen molar-refractivity contribution in [3.8, 4) is 0 Å². The molecule has 0 spiro atoms. The third-order valence-corrected chi connectivity index (χ3v) is 2.53. The SMILES string of the molecule is CC(C(=O)O)C(=O)OCOC1CCCC1. The van der Waals surface area contributed by atoms with E-state index in [0.717, 1.165) is 25.7 Å². The monoisotopic (exact) mass is 216 g/mol. The van der Waals surface area contributed by atoms with Crippen molar-refractivity contribution in [1.82, 2.24) is 0 Å². The second kappa shape index (κ2) is 5.70. The molecule has 0 aromatic heterocycles. The van der Waals surface area contributed by atoms with E-state index in [-0.39, 0.29) is 12.9 Å². The van der Waals surface area contributed by atoms with E-state index in [1.165, 1.54) is 6.92 Å². The van der Waals surface area contributed by atoms with Gasteiger partial charge in [0.15, 0.2) is 12.7 Å². The summed E-state index contributed by atoms with van der Waals surface area (Å²) in [5.41, 5.74) is 0. The first-order valence-electron chi connectivity index (χ1n) is 5.12. The van der Waals surface area contributed by atoms with Crippen molar-refractivity contribution in [2.45, 2.75) is 38.7 Å². The second-order valence-corrected chi connectivity index (χ2v) is 3.71. The molecule has 1 unspecified atom stereocenters. The van der Waals surface area contributed by atoms with Gasteiger partial charge in [-0.15, -0.1) is 0 Å². The van der Waals surface area contributed by atoms with Crippen molar-refractivity contribution in [2.24, 2.45) is 5.92 Å². The summed E-state index contributed by atoms with van der Waals surface area (Å²) in [4.78, 5) is 21.5. The molecule has 1 saturated carbocycles. The maximum atomic E-state index is 11.1. The molecule has 0 aliphatic heterocycles. The molecule has 0 heterocycles. The summed E-state index contributed by atoms with van der Waals surface area (Å²) in [5, 5.41) is 8.52. The molecule has 1 rings (SSSR count). The first-order valence-corrected chi connectivity index (χ1v) is 5.12. The fourth-order valence-corrected chi connectivity index (χ4v) is 1.47. The third kappa shape index (κ3) is 3.87. The highest BCUT2D eigenvalue weighted by Gasteiger charge is 2.22. The Hall–Kier alpha value is -1.10. The largest absolute Gasteiger partial charge is 0.481 e. The van der Waals surface area contributed by atoms with Crippen LogP contribution in [-0.2, 0) is 19.1 Å². The van der Waals surface area contributed by atoms with Gasteiger partial charge in [0.25, 0.3) is 0 Å². The summed E-state index contributed by atoms with van der Waals surface area (Å²) < 4.78 is 9.95. The third-order valence-electron chi connectivity index (χ3n) is 2.53. The summed E-state index contributed by atoms with van der Waals surface area (Å²) in [6.07, 6.45) is 4.43. The van der Waals surface area contributed by atoms with E-state index in [2.05, 4.69) is 4.74 Å². The predicted molar refractivity (Wildman–Crippen MR) is 51.1 cm³/mol. The minimum absolute atomic E-state index is 0.138. The zero-order valence-corrected chi connectivity index (χ0v) is 8.77. The van der Waals surface area contributed by atoms with Crippen molar-refractivity contribution < 1.29 is 24.2 Å². The van der Waals surface area contributed by atoms with Gasteiger partial charge in [0.1, 0.15) is 0 Å². The van der Waals surface area contributed by atoms with Crippen molar-refractivity contribution >= 4 is 11.9 Å². The maximum absolute atomic E-state index is 11.1. The summed E-state index contributed by atoms with van der Waals surface area (Å²) in [7, 11) is 0. The molecule has 5 heteroatoms. The van der Waals surface area contributed by atoms with Gasteiger partial charge >= 0.3 is 11.9 Å². The zero-order valence-electron chi connectivity index (χ0n) is 8.77. The second-order valence-electron chi connectivity index (χ2n) is 3.71. The molecular weight excluding hydrogens is 200 g/mol. The highest BCUT2D eigenvalue weighted by atomic mass is 16.7. The molecule has 0 radical (unpaired) electrons. The lowest BCUT2D eigenvalue weighted by molar-refractivity contribution is -0.169. The van der Waals surface area contributed by atoms with E-state index < -0.39 is 17.9 Å². The van der Waals surface area contributed by atoms with Crippen LogP contribution in [0.1, 0.15) is 32.6 Å². The van der Waals surface area contributed by atoms with E-state index in [4.69, 9.17) is 9.84 Å². The maximum Gasteiger partial charge on any atom is 0.322 e. The van der Waals surface area contributed by atoms with Crippen LogP contribution < -0.4 is 0 Å². The number of hydrogen-bond acceptors (Lipinski definition) is 4. The number of carboxylic acids is 1. The van der Waals surface area contributed by atoms with Gasteiger partial charge in [0.05, 0.1) is 6.10 Å². The molecule has 0 aromatic carbocycles. The molecule has 15 heavy (non-hydrogen) atoms. The van der Waals surface area contributed by atoms with Crippen LogP contribution in [0.25, 0.3) is 0 Å². The number of esters is 1. The number of ether oxygens (including phenoxy) is 2. The summed E-state index contributed by atoms with van der Waals surface area (Å²) in [6.45, 7) is 1.15. The minimum atomic E-state index is -1.18. The van der Waals surface area contributed by atoms with Gasteiger partial charge < -0.3 is 14.6 Å². The normalized spacial score (nSPS) is 18.7. The summed E-state index contributed by atoms with van der Waals surface area (Å²) in [5.74, 6) is -3.06. The molecule has 1 aliphatic carbocycles. The molecule has 0 bridgehead atoms. The molecular formula is C10H16O5. The van der Waals surface area contributed by atoms with Crippen LogP contribution in [0.5, 0.6) is 0 Å². The standard InChI is InChI=1S/C10H16O5/c1-7(9(11)12)10(13)15-6-14-8-4-2-3-5-8/h7-8H,2-6H2,1H3,(H,11,12). The van der Waals surface area contributed by atoms with Crippen molar-refractivity contribution in [3.05, 3.63) is 0 Å². The van der Waals surface area contributed by atoms with E-state index in [1.54, 1.807) is 0 Å². The van der Waals surface area contributed by atoms with Crippen LogP contribution in [0.15, 0.2) is 0 Å². The number of carbonyl (C=O) groups excluding carboxylic acids is 1. The zero-order chi connectivity index (χ0) is 11.3. The lowest BCUT2D eigenvalue weighted by Gasteiger charge is -2.12. The van der Waals surface area contributed by atoms with Crippen molar-refractivity contribution in [1.29, 1.82) is 0 Å².